The van der Waals surface area contributed by atoms with Crippen molar-refractivity contribution in [3.8, 4) is 0 Å². The van der Waals surface area contributed by atoms with E-state index >= 15 is 0 Å². The normalized spacial score (nSPS) is 13.9. The monoisotopic (exact) mass is 538 g/mol. The van der Waals surface area contributed by atoms with E-state index in [0.29, 0.717) is 19.5 Å². The SMILES string of the molecule is CN=C(NCc1cccc(CN2CCCC2=O)c1)N(C)Cc1ccc(SC)cc1.I. The number of halogens is 1. The Kier molecular flexibility index (Phi) is 9.97. The van der Waals surface area contributed by atoms with Gasteiger partial charge in [-0.3, -0.25) is 9.79 Å². The highest BCUT2D eigenvalue weighted by molar-refractivity contribution is 14.0. The van der Waals surface area contributed by atoms with Crippen LogP contribution in [0.2, 0.25) is 0 Å². The van der Waals surface area contributed by atoms with Crippen LogP contribution in [0.5, 0.6) is 0 Å². The number of hydrogen-bond donors (Lipinski definition) is 1. The molecule has 0 saturated carbocycles. The molecule has 0 bridgehead atoms. The van der Waals surface area contributed by atoms with Crippen molar-refractivity contribution in [2.24, 2.45) is 4.99 Å². The number of carbonyl (C=O) groups excluding carboxylic acids is 1. The van der Waals surface area contributed by atoms with E-state index in [1.807, 2.05) is 19.0 Å². The average molecular weight is 538 g/mol. The Morgan fingerprint density at radius 2 is 1.90 bits per heavy atom. The van der Waals surface area contributed by atoms with Crippen LogP contribution in [-0.2, 0) is 24.4 Å². The quantitative estimate of drug-likeness (QED) is 0.247. The first-order chi connectivity index (χ1) is 14.1. The van der Waals surface area contributed by atoms with Crippen molar-refractivity contribution in [2.75, 3.05) is 26.9 Å². The molecule has 0 aliphatic carbocycles. The highest BCUT2D eigenvalue weighted by atomic mass is 127. The summed E-state index contributed by atoms with van der Waals surface area (Å²) in [7, 11) is 3.86. The van der Waals surface area contributed by atoms with Gasteiger partial charge in [0.1, 0.15) is 0 Å². The van der Waals surface area contributed by atoms with Gasteiger partial charge in [0.15, 0.2) is 5.96 Å². The highest BCUT2D eigenvalue weighted by Crippen LogP contribution is 2.16. The first-order valence-electron chi connectivity index (χ1n) is 9.99. The molecule has 0 aromatic heterocycles. The lowest BCUT2D eigenvalue weighted by Gasteiger charge is -2.22. The number of amides is 1. The van der Waals surface area contributed by atoms with E-state index < -0.39 is 0 Å². The van der Waals surface area contributed by atoms with Crippen molar-refractivity contribution in [3.05, 3.63) is 65.2 Å². The predicted octanol–water partition coefficient (Wildman–Crippen LogP) is 4.36. The molecule has 2 aromatic carbocycles. The van der Waals surface area contributed by atoms with Gasteiger partial charge in [0.05, 0.1) is 0 Å². The fourth-order valence-corrected chi connectivity index (χ4v) is 3.98. The molecule has 5 nitrogen and oxygen atoms in total. The number of rotatable bonds is 7. The number of hydrogen-bond acceptors (Lipinski definition) is 3. The van der Waals surface area contributed by atoms with Gasteiger partial charge >= 0.3 is 0 Å². The molecule has 1 aliphatic heterocycles. The minimum Gasteiger partial charge on any atom is -0.352 e. The summed E-state index contributed by atoms with van der Waals surface area (Å²) in [5, 5.41) is 3.45. The molecule has 7 heteroatoms. The molecule has 2 aromatic rings. The Labute approximate surface area is 201 Å². The highest BCUT2D eigenvalue weighted by Gasteiger charge is 2.19. The topological polar surface area (TPSA) is 47.9 Å². The standard InChI is InChI=1S/C23H30N4OS.HI/c1-24-23(26(2)16-18-9-11-21(29-3)12-10-18)25-15-19-6-4-7-20(14-19)17-27-13-5-8-22(27)28;/h4,6-7,9-12,14H,5,8,13,15-17H2,1-3H3,(H,24,25);1H. The van der Waals surface area contributed by atoms with Gasteiger partial charge in [-0.25, -0.2) is 0 Å². The maximum atomic E-state index is 11.9. The summed E-state index contributed by atoms with van der Waals surface area (Å²) in [6.45, 7) is 3.07. The predicted molar refractivity (Wildman–Crippen MR) is 136 cm³/mol. The van der Waals surface area contributed by atoms with Crippen molar-refractivity contribution in [1.29, 1.82) is 0 Å². The minimum absolute atomic E-state index is 0. The van der Waals surface area contributed by atoms with Gasteiger partial charge in [-0.1, -0.05) is 36.4 Å². The van der Waals surface area contributed by atoms with E-state index in [9.17, 15) is 4.79 Å². The molecule has 1 saturated heterocycles. The Morgan fingerprint density at radius 1 is 1.17 bits per heavy atom. The zero-order chi connectivity index (χ0) is 20.6. The van der Waals surface area contributed by atoms with Crippen molar-refractivity contribution in [3.63, 3.8) is 0 Å². The minimum atomic E-state index is 0. The zero-order valence-electron chi connectivity index (χ0n) is 17.9. The summed E-state index contributed by atoms with van der Waals surface area (Å²) in [5.41, 5.74) is 3.62. The van der Waals surface area contributed by atoms with E-state index in [4.69, 9.17) is 0 Å². The number of nitrogens with zero attached hydrogens (tertiary/aromatic N) is 3. The third kappa shape index (κ3) is 6.91. The van der Waals surface area contributed by atoms with E-state index in [2.05, 4.69) is 70.0 Å². The second kappa shape index (κ2) is 12.2. The first kappa shape index (κ1) is 24.5. The van der Waals surface area contributed by atoms with Gasteiger partial charge in [-0.2, -0.15) is 0 Å². The van der Waals surface area contributed by atoms with Crippen molar-refractivity contribution in [1.82, 2.24) is 15.1 Å². The van der Waals surface area contributed by atoms with Crippen LogP contribution in [0, 0.1) is 0 Å². The van der Waals surface area contributed by atoms with E-state index in [0.717, 1.165) is 25.5 Å². The fraction of sp³-hybridized carbons (Fsp3) is 0.391. The molecule has 1 fully saturated rings. The van der Waals surface area contributed by atoms with Gasteiger partial charge < -0.3 is 15.1 Å². The number of likely N-dealkylation sites (tertiary alicyclic amines) is 1. The molecule has 0 spiro atoms. The van der Waals surface area contributed by atoms with Crippen LogP contribution in [0.25, 0.3) is 0 Å². The molecule has 3 rings (SSSR count). The van der Waals surface area contributed by atoms with E-state index in [1.54, 1.807) is 11.8 Å². The fourth-order valence-electron chi connectivity index (χ4n) is 3.58. The van der Waals surface area contributed by atoms with Crippen LogP contribution in [0.1, 0.15) is 29.5 Å². The number of guanidine groups is 1. The first-order valence-corrected chi connectivity index (χ1v) is 11.2. The lowest BCUT2D eigenvalue weighted by Crippen LogP contribution is -2.38. The van der Waals surface area contributed by atoms with Crippen LogP contribution >= 0.6 is 35.7 Å². The molecule has 162 valence electrons. The summed E-state index contributed by atoms with van der Waals surface area (Å²) in [6.07, 6.45) is 3.75. The van der Waals surface area contributed by atoms with Crippen LogP contribution in [-0.4, -0.2) is 48.6 Å². The molecule has 0 radical (unpaired) electrons. The lowest BCUT2D eigenvalue weighted by molar-refractivity contribution is -0.128. The summed E-state index contributed by atoms with van der Waals surface area (Å²) >= 11 is 1.75. The van der Waals surface area contributed by atoms with Crippen LogP contribution in [0.15, 0.2) is 58.4 Å². The molecule has 0 atom stereocenters. The molecule has 0 unspecified atom stereocenters. The van der Waals surface area contributed by atoms with Crippen LogP contribution in [0.3, 0.4) is 0 Å². The van der Waals surface area contributed by atoms with Gasteiger partial charge in [0.2, 0.25) is 5.91 Å². The second-order valence-corrected chi connectivity index (χ2v) is 8.22. The maximum absolute atomic E-state index is 11.9. The van der Waals surface area contributed by atoms with E-state index in [1.165, 1.54) is 21.6 Å². The molecule has 30 heavy (non-hydrogen) atoms. The van der Waals surface area contributed by atoms with Crippen LogP contribution in [0.4, 0.5) is 0 Å². The number of benzene rings is 2. The Balaban J connectivity index is 0.00000320. The van der Waals surface area contributed by atoms with Crippen molar-refractivity contribution < 1.29 is 4.79 Å². The molecule has 1 amide bonds. The van der Waals surface area contributed by atoms with Gasteiger partial charge in [-0.15, -0.1) is 35.7 Å². The van der Waals surface area contributed by atoms with Gasteiger partial charge in [0.25, 0.3) is 0 Å². The molecule has 1 N–H and O–H groups in total. The average Bonchev–Trinajstić information content (AvgIpc) is 3.14. The number of thioether (sulfide) groups is 1. The summed E-state index contributed by atoms with van der Waals surface area (Å²) in [5.74, 6) is 1.13. The van der Waals surface area contributed by atoms with E-state index in [-0.39, 0.29) is 29.9 Å². The van der Waals surface area contributed by atoms with Gasteiger partial charge in [0, 0.05) is 51.6 Å². The number of nitrogens with one attached hydrogen (secondary N) is 1. The Bertz CT molecular complexity index is 857. The zero-order valence-corrected chi connectivity index (χ0v) is 21.1. The number of carbonyl (C=O) groups is 1. The number of aliphatic imine (C=N–C) groups is 1. The lowest BCUT2D eigenvalue weighted by atomic mass is 10.1. The summed E-state index contributed by atoms with van der Waals surface area (Å²) in [6, 6.07) is 17.1. The van der Waals surface area contributed by atoms with Crippen LogP contribution < -0.4 is 5.32 Å². The molecule has 1 aliphatic rings. The largest absolute Gasteiger partial charge is 0.352 e. The molecular weight excluding hydrogens is 507 g/mol. The third-order valence-electron chi connectivity index (χ3n) is 5.14. The van der Waals surface area contributed by atoms with Crippen molar-refractivity contribution in [2.45, 2.75) is 37.4 Å². The third-order valence-corrected chi connectivity index (χ3v) is 5.88. The van der Waals surface area contributed by atoms with Crippen molar-refractivity contribution >= 4 is 47.6 Å². The summed E-state index contributed by atoms with van der Waals surface area (Å²) in [4.78, 5) is 21.6. The molecule has 1 heterocycles. The molecular formula is C23H31IN4OS. The summed E-state index contributed by atoms with van der Waals surface area (Å²) < 4.78 is 0. The van der Waals surface area contributed by atoms with Gasteiger partial charge in [-0.05, 0) is 41.5 Å². The smallest absolute Gasteiger partial charge is 0.222 e. The Morgan fingerprint density at radius 3 is 2.53 bits per heavy atom. The Hall–Kier alpha value is -1.74. The second-order valence-electron chi connectivity index (χ2n) is 7.34. The maximum Gasteiger partial charge on any atom is 0.222 e.